The lowest BCUT2D eigenvalue weighted by Gasteiger charge is -2.49. The molecule has 3 heterocycles. The Kier molecular flexibility index (Phi) is 5.26. The number of imidazole rings is 1. The summed E-state index contributed by atoms with van der Waals surface area (Å²) in [6, 6.07) is 4.99. The van der Waals surface area contributed by atoms with E-state index in [4.69, 9.17) is 20.3 Å². The number of amides is 1. The fourth-order valence-corrected chi connectivity index (χ4v) is 4.60. The number of carboxylic acid groups (broad SMARTS) is 1. The SMILES string of the molecule is CC(=O)OCC1=C(OC(=O)O)N2C(=O)C(Nc3nc4ccc(CN)cc4[nH]3)[C@@H]2SC1. The van der Waals surface area contributed by atoms with Crippen molar-refractivity contribution in [3.05, 3.63) is 35.2 Å². The van der Waals surface area contributed by atoms with E-state index < -0.39 is 18.2 Å². The van der Waals surface area contributed by atoms with Crippen LogP contribution in [0.25, 0.3) is 11.0 Å². The van der Waals surface area contributed by atoms with Crippen LogP contribution in [0.15, 0.2) is 29.7 Å². The van der Waals surface area contributed by atoms with Crippen LogP contribution in [-0.2, 0) is 25.6 Å². The predicted octanol–water partition coefficient (Wildman–Crippen LogP) is 1.19. The standard InChI is InChI=1S/C18H19N5O6S/c1-8(24)28-6-10-7-30-16-13(14(25)23(16)15(10)29-18(26)27)22-17-20-11-3-2-9(5-19)4-12(11)21-17/h2-4,13,16H,5-7,19H2,1H3,(H,26,27)(H2,20,21,22)/t13?,16-/m0/s1. The molecule has 2 atom stereocenters. The van der Waals surface area contributed by atoms with Gasteiger partial charge in [0.25, 0.3) is 5.91 Å². The molecule has 1 fully saturated rings. The van der Waals surface area contributed by atoms with Crippen LogP contribution >= 0.6 is 11.8 Å². The van der Waals surface area contributed by atoms with Gasteiger partial charge in [0.1, 0.15) is 18.0 Å². The zero-order valence-corrected chi connectivity index (χ0v) is 16.7. The van der Waals surface area contributed by atoms with Crippen molar-refractivity contribution in [3.63, 3.8) is 0 Å². The quantitative estimate of drug-likeness (QED) is 0.385. The van der Waals surface area contributed by atoms with Crippen molar-refractivity contribution < 1.29 is 29.0 Å². The van der Waals surface area contributed by atoms with E-state index in [-0.39, 0.29) is 23.8 Å². The third kappa shape index (κ3) is 3.66. The van der Waals surface area contributed by atoms with E-state index in [2.05, 4.69) is 15.3 Å². The van der Waals surface area contributed by atoms with E-state index in [9.17, 15) is 14.4 Å². The van der Waals surface area contributed by atoms with Crippen molar-refractivity contribution in [2.45, 2.75) is 24.9 Å². The number of rotatable bonds is 6. The molecule has 0 radical (unpaired) electrons. The van der Waals surface area contributed by atoms with Crippen molar-refractivity contribution in [2.75, 3.05) is 17.7 Å². The zero-order valence-electron chi connectivity index (χ0n) is 15.9. The van der Waals surface area contributed by atoms with E-state index >= 15 is 0 Å². The molecule has 1 aromatic heterocycles. The molecule has 5 N–H and O–H groups in total. The normalized spacial score (nSPS) is 20.6. The number of nitrogens with one attached hydrogen (secondary N) is 2. The Morgan fingerprint density at radius 1 is 1.47 bits per heavy atom. The Bertz CT molecular complexity index is 1070. The van der Waals surface area contributed by atoms with Crippen LogP contribution in [0.5, 0.6) is 0 Å². The first-order valence-corrected chi connectivity index (χ1v) is 10.1. The number of carbonyl (C=O) groups is 3. The Morgan fingerprint density at radius 3 is 2.97 bits per heavy atom. The van der Waals surface area contributed by atoms with Crippen LogP contribution in [0, 0.1) is 0 Å². The van der Waals surface area contributed by atoms with Crippen LogP contribution in [0.2, 0.25) is 0 Å². The second-order valence-corrected chi connectivity index (χ2v) is 7.83. The highest BCUT2D eigenvalue weighted by atomic mass is 32.2. The minimum atomic E-state index is -1.55. The van der Waals surface area contributed by atoms with Crippen molar-refractivity contribution in [3.8, 4) is 0 Å². The monoisotopic (exact) mass is 433 g/mol. The number of aromatic nitrogens is 2. The molecule has 2 aliphatic rings. The minimum absolute atomic E-state index is 0.104. The Morgan fingerprint density at radius 2 is 2.27 bits per heavy atom. The first-order chi connectivity index (χ1) is 14.4. The van der Waals surface area contributed by atoms with Gasteiger partial charge < -0.3 is 30.6 Å². The minimum Gasteiger partial charge on any atom is -0.461 e. The van der Waals surface area contributed by atoms with Crippen LogP contribution in [0.1, 0.15) is 12.5 Å². The number of carbonyl (C=O) groups excluding carboxylic acids is 2. The summed E-state index contributed by atoms with van der Waals surface area (Å²) in [6.07, 6.45) is -1.55. The molecule has 30 heavy (non-hydrogen) atoms. The fourth-order valence-electron chi connectivity index (χ4n) is 3.30. The molecular formula is C18H19N5O6S. The molecule has 2 aliphatic heterocycles. The van der Waals surface area contributed by atoms with E-state index in [1.165, 1.54) is 23.6 Å². The van der Waals surface area contributed by atoms with Crippen LogP contribution in [0.3, 0.4) is 0 Å². The van der Waals surface area contributed by atoms with Gasteiger partial charge in [-0.2, -0.15) is 0 Å². The number of thioether (sulfide) groups is 1. The van der Waals surface area contributed by atoms with Gasteiger partial charge >= 0.3 is 12.1 Å². The first-order valence-electron chi connectivity index (χ1n) is 9.03. The predicted molar refractivity (Wildman–Crippen MR) is 107 cm³/mol. The topological polar surface area (TPSA) is 160 Å². The van der Waals surface area contributed by atoms with Crippen molar-refractivity contribution >= 4 is 46.8 Å². The van der Waals surface area contributed by atoms with Crippen molar-refractivity contribution in [1.29, 1.82) is 0 Å². The molecular weight excluding hydrogens is 414 g/mol. The Labute approximate surface area is 174 Å². The number of aromatic amines is 1. The van der Waals surface area contributed by atoms with E-state index in [0.29, 0.717) is 23.8 Å². The van der Waals surface area contributed by atoms with Gasteiger partial charge in [0.05, 0.1) is 11.0 Å². The third-order valence-electron chi connectivity index (χ3n) is 4.70. The van der Waals surface area contributed by atoms with Crippen LogP contribution in [-0.4, -0.2) is 61.8 Å². The zero-order chi connectivity index (χ0) is 21.4. The van der Waals surface area contributed by atoms with Gasteiger partial charge in [0.2, 0.25) is 11.8 Å². The average Bonchev–Trinajstić information content (AvgIpc) is 3.11. The number of hydrogen-bond acceptors (Lipinski definition) is 9. The molecule has 1 unspecified atom stereocenters. The highest BCUT2D eigenvalue weighted by molar-refractivity contribution is 8.00. The first kappa shape index (κ1) is 20.0. The third-order valence-corrected chi connectivity index (χ3v) is 6.04. The molecule has 11 nitrogen and oxygen atoms in total. The second kappa shape index (κ2) is 7.88. The summed E-state index contributed by atoms with van der Waals surface area (Å²) in [5, 5.41) is 11.7. The molecule has 1 aromatic carbocycles. The maximum Gasteiger partial charge on any atom is 0.512 e. The number of fused-ring (bicyclic) bond motifs is 2. The highest BCUT2D eigenvalue weighted by Crippen LogP contribution is 2.41. The summed E-state index contributed by atoms with van der Waals surface area (Å²) < 4.78 is 9.80. The molecule has 158 valence electrons. The number of hydrogen-bond donors (Lipinski definition) is 4. The van der Waals surface area contributed by atoms with E-state index in [0.717, 1.165) is 16.6 Å². The maximum atomic E-state index is 12.8. The highest BCUT2D eigenvalue weighted by Gasteiger charge is 2.54. The number of β-lactam (4-membered cyclic amide) rings is 1. The number of nitrogens with zero attached hydrogens (tertiary/aromatic N) is 2. The number of ether oxygens (including phenoxy) is 2. The summed E-state index contributed by atoms with van der Waals surface area (Å²) >= 11 is 1.41. The summed E-state index contributed by atoms with van der Waals surface area (Å²) in [4.78, 5) is 43.8. The molecule has 12 heteroatoms. The Balaban J connectivity index is 1.53. The molecule has 0 spiro atoms. The summed E-state index contributed by atoms with van der Waals surface area (Å²) in [6.45, 7) is 1.50. The summed E-state index contributed by atoms with van der Waals surface area (Å²) in [5.41, 5.74) is 8.55. The van der Waals surface area contributed by atoms with Gasteiger partial charge in [-0.25, -0.2) is 9.78 Å². The molecule has 1 amide bonds. The van der Waals surface area contributed by atoms with Gasteiger partial charge in [-0.3, -0.25) is 14.5 Å². The van der Waals surface area contributed by atoms with Crippen molar-refractivity contribution in [1.82, 2.24) is 14.9 Å². The van der Waals surface area contributed by atoms with Gasteiger partial charge in [0.15, 0.2) is 0 Å². The number of nitrogens with two attached hydrogens (primary N) is 1. The second-order valence-electron chi connectivity index (χ2n) is 6.73. The molecule has 4 rings (SSSR count). The van der Waals surface area contributed by atoms with Crippen molar-refractivity contribution in [2.24, 2.45) is 5.73 Å². The lowest BCUT2D eigenvalue weighted by molar-refractivity contribution is -0.143. The van der Waals surface area contributed by atoms with Gasteiger partial charge in [-0.05, 0) is 17.7 Å². The lowest BCUT2D eigenvalue weighted by Crippen LogP contribution is -2.67. The maximum absolute atomic E-state index is 12.8. The number of benzene rings is 1. The molecule has 0 aliphatic carbocycles. The van der Waals surface area contributed by atoms with Gasteiger partial charge in [0, 0.05) is 24.8 Å². The number of esters is 1. The summed E-state index contributed by atoms with van der Waals surface area (Å²) in [5.74, 6) is -0.211. The molecule has 0 saturated carbocycles. The lowest BCUT2D eigenvalue weighted by atomic mass is 10.1. The number of H-pyrrole nitrogens is 1. The van der Waals surface area contributed by atoms with Crippen LogP contribution < -0.4 is 11.1 Å². The van der Waals surface area contributed by atoms with E-state index in [1.54, 1.807) is 0 Å². The van der Waals surface area contributed by atoms with Gasteiger partial charge in [-0.15, -0.1) is 11.8 Å². The smallest absolute Gasteiger partial charge is 0.461 e. The molecule has 1 saturated heterocycles. The Hall–Kier alpha value is -3.25. The molecule has 2 aromatic rings. The van der Waals surface area contributed by atoms with Crippen LogP contribution in [0.4, 0.5) is 10.7 Å². The van der Waals surface area contributed by atoms with Gasteiger partial charge in [-0.1, -0.05) is 6.07 Å². The average molecular weight is 433 g/mol. The summed E-state index contributed by atoms with van der Waals surface area (Å²) in [7, 11) is 0. The fraction of sp³-hybridized carbons (Fsp3) is 0.333. The molecule has 0 bridgehead atoms. The van der Waals surface area contributed by atoms with E-state index in [1.807, 2.05) is 18.2 Å². The largest absolute Gasteiger partial charge is 0.512 e. The number of anilines is 1.